The summed E-state index contributed by atoms with van der Waals surface area (Å²) in [5.41, 5.74) is 4.34. The minimum atomic E-state index is -4.14. The van der Waals surface area contributed by atoms with Crippen molar-refractivity contribution in [2.24, 2.45) is 0 Å². The van der Waals surface area contributed by atoms with Gasteiger partial charge in [0.25, 0.3) is 10.0 Å². The molecular formula is C37H43N3O4S. The van der Waals surface area contributed by atoms with Crippen LogP contribution in [0.25, 0.3) is 0 Å². The van der Waals surface area contributed by atoms with E-state index in [1.807, 2.05) is 102 Å². The average Bonchev–Trinajstić information content (AvgIpc) is 2.97. The molecule has 7 nitrogen and oxygen atoms in total. The van der Waals surface area contributed by atoms with Crippen molar-refractivity contribution in [1.82, 2.24) is 10.2 Å². The van der Waals surface area contributed by atoms with Gasteiger partial charge < -0.3 is 10.2 Å². The Kier molecular flexibility index (Phi) is 10.5. The number of rotatable bonds is 11. The van der Waals surface area contributed by atoms with Crippen molar-refractivity contribution in [1.29, 1.82) is 0 Å². The summed E-state index contributed by atoms with van der Waals surface area (Å²) >= 11 is 0. The number of carbonyl (C=O) groups excluding carboxylic acids is 2. The Balaban J connectivity index is 1.82. The SMILES string of the molecule is Cc1ccc(S(=O)(=O)N(CC(=O)N(Cc2cccc(C)c2)[C@@H](Cc2ccccc2)C(=O)NC(C)(C)C)c2cccc(C)c2)cc1. The van der Waals surface area contributed by atoms with Gasteiger partial charge in [0.2, 0.25) is 11.8 Å². The van der Waals surface area contributed by atoms with Crippen LogP contribution < -0.4 is 9.62 Å². The Morgan fingerprint density at radius 2 is 1.33 bits per heavy atom. The molecule has 0 aromatic heterocycles. The van der Waals surface area contributed by atoms with Crippen LogP contribution in [-0.2, 0) is 32.6 Å². The maximum Gasteiger partial charge on any atom is 0.264 e. The van der Waals surface area contributed by atoms with Gasteiger partial charge in [0.05, 0.1) is 10.6 Å². The maximum absolute atomic E-state index is 14.6. The van der Waals surface area contributed by atoms with Crippen LogP contribution in [0.5, 0.6) is 0 Å². The van der Waals surface area contributed by atoms with Gasteiger partial charge in [0, 0.05) is 18.5 Å². The van der Waals surface area contributed by atoms with E-state index < -0.39 is 34.1 Å². The largest absolute Gasteiger partial charge is 0.350 e. The molecule has 4 aromatic rings. The predicted octanol–water partition coefficient (Wildman–Crippen LogP) is 6.36. The summed E-state index contributed by atoms with van der Waals surface area (Å²) in [5.74, 6) is -0.797. The van der Waals surface area contributed by atoms with Crippen LogP contribution in [-0.4, -0.2) is 43.3 Å². The third kappa shape index (κ3) is 9.05. The van der Waals surface area contributed by atoms with Crippen molar-refractivity contribution in [2.45, 2.75) is 71.0 Å². The molecular weight excluding hydrogens is 582 g/mol. The standard InChI is InChI=1S/C37H43N3O4S/c1-27-18-20-33(21-19-27)45(43,44)40(32-17-11-13-29(3)23-32)26-35(41)39(25-31-16-10-12-28(2)22-31)34(36(42)38-37(4,5)6)24-30-14-8-7-9-15-30/h7-23,34H,24-26H2,1-6H3,(H,38,42)/t34-/m0/s1. The molecule has 0 fully saturated rings. The van der Waals surface area contributed by atoms with Crippen LogP contribution in [0.2, 0.25) is 0 Å². The van der Waals surface area contributed by atoms with Crippen molar-refractivity contribution < 1.29 is 18.0 Å². The molecule has 0 unspecified atom stereocenters. The number of benzene rings is 4. The minimum absolute atomic E-state index is 0.0824. The highest BCUT2D eigenvalue weighted by atomic mass is 32.2. The maximum atomic E-state index is 14.6. The molecule has 0 aliphatic rings. The smallest absolute Gasteiger partial charge is 0.264 e. The van der Waals surface area contributed by atoms with E-state index in [9.17, 15) is 18.0 Å². The molecule has 1 N–H and O–H groups in total. The lowest BCUT2D eigenvalue weighted by Crippen LogP contribution is -2.56. The quantitative estimate of drug-likeness (QED) is 0.210. The average molecular weight is 626 g/mol. The number of sulfonamides is 1. The summed E-state index contributed by atoms with van der Waals surface area (Å²) in [6, 6.07) is 30.1. The molecule has 0 heterocycles. The number of hydrogen-bond acceptors (Lipinski definition) is 4. The zero-order valence-corrected chi connectivity index (χ0v) is 27.8. The number of aryl methyl sites for hydroxylation is 3. The Labute approximate surface area is 268 Å². The number of amides is 2. The van der Waals surface area contributed by atoms with Gasteiger partial charge in [-0.05, 0) is 82.5 Å². The fourth-order valence-corrected chi connectivity index (χ4v) is 6.57. The summed E-state index contributed by atoms with van der Waals surface area (Å²) in [4.78, 5) is 30.2. The van der Waals surface area contributed by atoms with E-state index >= 15 is 0 Å². The van der Waals surface area contributed by atoms with E-state index in [1.165, 1.54) is 4.90 Å². The van der Waals surface area contributed by atoms with Gasteiger partial charge in [-0.1, -0.05) is 90.0 Å². The summed E-state index contributed by atoms with van der Waals surface area (Å²) in [5, 5.41) is 3.06. The highest BCUT2D eigenvalue weighted by Crippen LogP contribution is 2.26. The Morgan fingerprint density at radius 3 is 1.93 bits per heavy atom. The zero-order valence-electron chi connectivity index (χ0n) is 26.9. The Morgan fingerprint density at radius 1 is 0.733 bits per heavy atom. The minimum Gasteiger partial charge on any atom is -0.350 e. The van der Waals surface area contributed by atoms with Crippen LogP contribution in [0.1, 0.15) is 48.6 Å². The number of hydrogen-bond donors (Lipinski definition) is 1. The highest BCUT2D eigenvalue weighted by Gasteiger charge is 2.35. The van der Waals surface area contributed by atoms with Crippen LogP contribution >= 0.6 is 0 Å². The first-order chi connectivity index (χ1) is 21.2. The van der Waals surface area contributed by atoms with E-state index in [0.29, 0.717) is 5.69 Å². The Hall–Kier alpha value is -4.43. The fraction of sp³-hybridized carbons (Fsp3) is 0.297. The third-order valence-corrected chi connectivity index (χ3v) is 9.17. The second-order valence-corrected chi connectivity index (χ2v) is 14.5. The van der Waals surface area contributed by atoms with Crippen molar-refractivity contribution >= 4 is 27.5 Å². The van der Waals surface area contributed by atoms with Gasteiger partial charge >= 0.3 is 0 Å². The normalized spacial score (nSPS) is 12.3. The van der Waals surface area contributed by atoms with Gasteiger partial charge in [-0.25, -0.2) is 8.42 Å². The van der Waals surface area contributed by atoms with Crippen LogP contribution in [0, 0.1) is 20.8 Å². The Bertz CT molecular complexity index is 1730. The number of nitrogens with one attached hydrogen (secondary N) is 1. The molecule has 236 valence electrons. The molecule has 0 aliphatic heterocycles. The van der Waals surface area contributed by atoms with Crippen molar-refractivity contribution in [3.05, 3.63) is 131 Å². The van der Waals surface area contributed by atoms with Crippen LogP contribution in [0.3, 0.4) is 0 Å². The summed E-state index contributed by atoms with van der Waals surface area (Å²) in [7, 11) is -4.14. The summed E-state index contributed by atoms with van der Waals surface area (Å²) in [6.45, 7) is 11.1. The van der Waals surface area contributed by atoms with Gasteiger partial charge in [0.15, 0.2) is 0 Å². The first-order valence-corrected chi connectivity index (χ1v) is 16.5. The molecule has 8 heteroatoms. The molecule has 4 rings (SSSR count). The monoisotopic (exact) mass is 625 g/mol. The molecule has 2 amide bonds. The lowest BCUT2D eigenvalue weighted by Gasteiger charge is -2.35. The summed E-state index contributed by atoms with van der Waals surface area (Å²) in [6.07, 6.45) is 0.259. The number of nitrogens with zero attached hydrogens (tertiary/aromatic N) is 2. The molecule has 0 bridgehead atoms. The van der Waals surface area contributed by atoms with Crippen molar-refractivity contribution in [2.75, 3.05) is 10.8 Å². The first-order valence-electron chi connectivity index (χ1n) is 15.1. The fourth-order valence-electron chi connectivity index (χ4n) is 5.16. The van der Waals surface area contributed by atoms with Gasteiger partial charge in [-0.15, -0.1) is 0 Å². The topological polar surface area (TPSA) is 86.8 Å². The van der Waals surface area contributed by atoms with E-state index in [1.54, 1.807) is 42.5 Å². The molecule has 0 saturated heterocycles. The van der Waals surface area contributed by atoms with E-state index in [0.717, 1.165) is 32.1 Å². The molecule has 1 atom stereocenters. The number of anilines is 1. The third-order valence-electron chi connectivity index (χ3n) is 7.38. The lowest BCUT2D eigenvalue weighted by atomic mass is 10.0. The predicted molar refractivity (Wildman–Crippen MR) is 180 cm³/mol. The van der Waals surface area contributed by atoms with Crippen molar-refractivity contribution in [3.63, 3.8) is 0 Å². The molecule has 0 aliphatic carbocycles. The highest BCUT2D eigenvalue weighted by molar-refractivity contribution is 7.92. The second-order valence-electron chi connectivity index (χ2n) is 12.6. The van der Waals surface area contributed by atoms with Gasteiger partial charge in [0.1, 0.15) is 12.6 Å². The first kappa shape index (κ1) is 33.5. The molecule has 4 aromatic carbocycles. The van der Waals surface area contributed by atoms with E-state index in [4.69, 9.17) is 0 Å². The zero-order chi connectivity index (χ0) is 32.8. The molecule has 0 spiro atoms. The summed E-state index contributed by atoms with van der Waals surface area (Å²) < 4.78 is 29.5. The molecule has 0 saturated carbocycles. The van der Waals surface area contributed by atoms with Gasteiger partial charge in [-0.3, -0.25) is 13.9 Å². The lowest BCUT2D eigenvalue weighted by molar-refractivity contribution is -0.140. The molecule has 0 radical (unpaired) electrons. The van der Waals surface area contributed by atoms with Crippen molar-refractivity contribution in [3.8, 4) is 0 Å². The van der Waals surface area contributed by atoms with E-state index in [-0.39, 0.29) is 23.8 Å². The van der Waals surface area contributed by atoms with Crippen LogP contribution in [0.15, 0.2) is 108 Å². The molecule has 45 heavy (non-hydrogen) atoms. The second kappa shape index (κ2) is 14.1. The van der Waals surface area contributed by atoms with E-state index in [2.05, 4.69) is 5.32 Å². The number of carbonyl (C=O) groups is 2. The van der Waals surface area contributed by atoms with Gasteiger partial charge in [-0.2, -0.15) is 0 Å². The van der Waals surface area contributed by atoms with Crippen LogP contribution in [0.4, 0.5) is 5.69 Å².